The fourth-order valence-corrected chi connectivity index (χ4v) is 2.49. The Morgan fingerprint density at radius 3 is 2.26 bits per heavy atom. The van der Waals surface area contributed by atoms with E-state index in [-0.39, 0.29) is 0 Å². The van der Waals surface area contributed by atoms with E-state index in [2.05, 4.69) is 72.5 Å². The Kier molecular flexibility index (Phi) is 5.85. The highest BCUT2D eigenvalue weighted by atomic mass is 15.4. The molecule has 4 heteroatoms. The number of aryl methyl sites for hydroxylation is 2. The quantitative estimate of drug-likeness (QED) is 0.628. The summed E-state index contributed by atoms with van der Waals surface area (Å²) in [5.74, 6) is 1.03. The van der Waals surface area contributed by atoms with Crippen LogP contribution in [-0.4, -0.2) is 15.7 Å². The number of nitrogens with one attached hydrogen (secondary N) is 1. The van der Waals surface area contributed by atoms with Gasteiger partial charge < -0.3 is 0 Å². The first-order valence-electron chi connectivity index (χ1n) is 8.31. The van der Waals surface area contributed by atoms with Crippen molar-refractivity contribution in [1.29, 1.82) is 0 Å². The SMILES string of the molecule is CCc1cc(CC)nc(NN=C(C)c2ccccc2C(C)C)n1. The minimum atomic E-state index is 0.461. The van der Waals surface area contributed by atoms with Gasteiger partial charge in [-0.1, -0.05) is 52.0 Å². The molecule has 122 valence electrons. The number of hydrogen-bond donors (Lipinski definition) is 1. The molecular weight excluding hydrogens is 284 g/mol. The molecule has 2 rings (SSSR count). The third-order valence-corrected chi connectivity index (χ3v) is 3.85. The van der Waals surface area contributed by atoms with Crippen LogP contribution in [0.15, 0.2) is 35.4 Å². The van der Waals surface area contributed by atoms with Crippen LogP contribution in [0.5, 0.6) is 0 Å². The summed E-state index contributed by atoms with van der Waals surface area (Å²) < 4.78 is 0. The Morgan fingerprint density at radius 2 is 1.70 bits per heavy atom. The fraction of sp³-hybridized carbons (Fsp3) is 0.421. The predicted octanol–water partition coefficient (Wildman–Crippen LogP) is 4.56. The Balaban J connectivity index is 2.26. The summed E-state index contributed by atoms with van der Waals surface area (Å²) in [6.45, 7) is 10.6. The average Bonchev–Trinajstić information content (AvgIpc) is 2.59. The first-order chi connectivity index (χ1) is 11.0. The highest BCUT2D eigenvalue weighted by molar-refractivity contribution is 6.00. The number of anilines is 1. The lowest BCUT2D eigenvalue weighted by Crippen LogP contribution is -2.07. The molecule has 1 aromatic heterocycles. The minimum Gasteiger partial charge on any atom is -0.245 e. The summed E-state index contributed by atoms with van der Waals surface area (Å²) in [5, 5.41) is 4.50. The van der Waals surface area contributed by atoms with Crippen molar-refractivity contribution in [2.24, 2.45) is 5.10 Å². The second kappa shape index (κ2) is 7.86. The molecule has 0 radical (unpaired) electrons. The monoisotopic (exact) mass is 310 g/mol. The summed E-state index contributed by atoms with van der Waals surface area (Å²) in [6, 6.07) is 10.4. The van der Waals surface area contributed by atoms with Crippen LogP contribution in [0.25, 0.3) is 0 Å². The number of benzene rings is 1. The molecule has 0 saturated carbocycles. The van der Waals surface area contributed by atoms with Gasteiger partial charge in [-0.15, -0.1) is 0 Å². The van der Waals surface area contributed by atoms with Crippen molar-refractivity contribution in [2.75, 3.05) is 5.43 Å². The highest BCUT2D eigenvalue weighted by Crippen LogP contribution is 2.20. The predicted molar refractivity (Wildman–Crippen MR) is 97.2 cm³/mol. The van der Waals surface area contributed by atoms with Crippen LogP contribution in [0, 0.1) is 0 Å². The van der Waals surface area contributed by atoms with Gasteiger partial charge in [0.05, 0.1) is 5.71 Å². The van der Waals surface area contributed by atoms with Crippen molar-refractivity contribution in [3.63, 3.8) is 0 Å². The maximum absolute atomic E-state index is 4.50. The molecule has 0 atom stereocenters. The fourth-order valence-electron chi connectivity index (χ4n) is 2.49. The van der Waals surface area contributed by atoms with Crippen LogP contribution in [0.4, 0.5) is 5.95 Å². The lowest BCUT2D eigenvalue weighted by Gasteiger charge is -2.12. The molecule has 0 aliphatic rings. The summed E-state index contributed by atoms with van der Waals surface area (Å²) in [4.78, 5) is 8.99. The normalized spacial score (nSPS) is 11.8. The van der Waals surface area contributed by atoms with E-state index in [4.69, 9.17) is 0 Å². The summed E-state index contributed by atoms with van der Waals surface area (Å²) in [7, 11) is 0. The minimum absolute atomic E-state index is 0.461. The molecule has 0 fully saturated rings. The van der Waals surface area contributed by atoms with Crippen LogP contribution >= 0.6 is 0 Å². The maximum atomic E-state index is 4.50. The topological polar surface area (TPSA) is 50.2 Å². The van der Waals surface area contributed by atoms with E-state index in [0.717, 1.165) is 35.5 Å². The van der Waals surface area contributed by atoms with Crippen molar-refractivity contribution < 1.29 is 0 Å². The van der Waals surface area contributed by atoms with Gasteiger partial charge in [0.25, 0.3) is 0 Å². The molecule has 0 amide bonds. The van der Waals surface area contributed by atoms with E-state index in [1.807, 2.05) is 13.0 Å². The van der Waals surface area contributed by atoms with Gasteiger partial charge in [0.15, 0.2) is 0 Å². The van der Waals surface area contributed by atoms with Gasteiger partial charge in [-0.2, -0.15) is 5.10 Å². The standard InChI is InChI=1S/C19H26N4/c1-6-15-12-16(7-2)21-19(20-15)23-22-14(5)18-11-9-8-10-17(18)13(3)4/h8-13H,6-7H2,1-5H3,(H,20,21,23). The van der Waals surface area contributed by atoms with Crippen molar-refractivity contribution in [3.8, 4) is 0 Å². The average molecular weight is 310 g/mol. The Bertz CT molecular complexity index is 667. The van der Waals surface area contributed by atoms with Crippen LogP contribution in [0.1, 0.15) is 63.1 Å². The second-order valence-electron chi connectivity index (χ2n) is 5.93. The molecule has 23 heavy (non-hydrogen) atoms. The zero-order chi connectivity index (χ0) is 16.8. The maximum Gasteiger partial charge on any atom is 0.243 e. The third kappa shape index (κ3) is 4.38. The van der Waals surface area contributed by atoms with Gasteiger partial charge >= 0.3 is 0 Å². The number of rotatable bonds is 6. The van der Waals surface area contributed by atoms with Gasteiger partial charge in [-0.3, -0.25) is 0 Å². The Hall–Kier alpha value is -2.23. The number of nitrogens with zero attached hydrogens (tertiary/aromatic N) is 3. The van der Waals surface area contributed by atoms with Crippen molar-refractivity contribution in [3.05, 3.63) is 52.8 Å². The molecule has 0 spiro atoms. The smallest absolute Gasteiger partial charge is 0.243 e. The third-order valence-electron chi connectivity index (χ3n) is 3.85. The molecule has 0 unspecified atom stereocenters. The van der Waals surface area contributed by atoms with Crippen LogP contribution in [-0.2, 0) is 12.8 Å². The van der Waals surface area contributed by atoms with Gasteiger partial charge in [0.1, 0.15) is 0 Å². The van der Waals surface area contributed by atoms with Crippen LogP contribution in [0.2, 0.25) is 0 Å². The van der Waals surface area contributed by atoms with Gasteiger partial charge in [-0.25, -0.2) is 15.4 Å². The molecule has 0 aliphatic heterocycles. The summed E-state index contributed by atoms with van der Waals surface area (Å²) in [5.41, 5.74) is 8.50. The second-order valence-corrected chi connectivity index (χ2v) is 5.93. The molecular formula is C19H26N4. The van der Waals surface area contributed by atoms with E-state index in [1.54, 1.807) is 0 Å². The summed E-state index contributed by atoms with van der Waals surface area (Å²) in [6.07, 6.45) is 1.78. The Morgan fingerprint density at radius 1 is 1.09 bits per heavy atom. The first-order valence-corrected chi connectivity index (χ1v) is 8.31. The molecule has 0 bridgehead atoms. The molecule has 0 aliphatic carbocycles. The number of hydrazone groups is 1. The molecule has 2 aromatic rings. The molecule has 1 N–H and O–H groups in total. The zero-order valence-electron chi connectivity index (χ0n) is 14.7. The van der Waals surface area contributed by atoms with Gasteiger partial charge in [-0.05, 0) is 37.3 Å². The first kappa shape index (κ1) is 17.1. The van der Waals surface area contributed by atoms with E-state index in [9.17, 15) is 0 Å². The van der Waals surface area contributed by atoms with Gasteiger partial charge in [0, 0.05) is 17.0 Å². The van der Waals surface area contributed by atoms with Crippen molar-refractivity contribution in [1.82, 2.24) is 9.97 Å². The van der Waals surface area contributed by atoms with Gasteiger partial charge in [0.2, 0.25) is 5.95 Å². The molecule has 1 heterocycles. The van der Waals surface area contributed by atoms with Crippen LogP contribution in [0.3, 0.4) is 0 Å². The largest absolute Gasteiger partial charge is 0.245 e. The van der Waals surface area contributed by atoms with E-state index >= 15 is 0 Å². The lowest BCUT2D eigenvalue weighted by atomic mass is 9.95. The van der Waals surface area contributed by atoms with Crippen molar-refractivity contribution in [2.45, 2.75) is 53.4 Å². The van der Waals surface area contributed by atoms with E-state index < -0.39 is 0 Å². The number of aromatic nitrogens is 2. The van der Waals surface area contributed by atoms with E-state index in [0.29, 0.717) is 11.9 Å². The summed E-state index contributed by atoms with van der Waals surface area (Å²) >= 11 is 0. The molecule has 4 nitrogen and oxygen atoms in total. The zero-order valence-corrected chi connectivity index (χ0v) is 14.7. The lowest BCUT2D eigenvalue weighted by molar-refractivity contribution is 0.863. The van der Waals surface area contributed by atoms with Crippen molar-refractivity contribution >= 4 is 11.7 Å². The molecule has 1 aromatic carbocycles. The Labute approximate surface area is 139 Å². The number of hydrogen-bond acceptors (Lipinski definition) is 4. The highest BCUT2D eigenvalue weighted by Gasteiger charge is 2.08. The van der Waals surface area contributed by atoms with E-state index in [1.165, 1.54) is 5.56 Å². The molecule has 0 saturated heterocycles. The van der Waals surface area contributed by atoms with Crippen LogP contribution < -0.4 is 5.43 Å².